The van der Waals surface area contributed by atoms with Gasteiger partial charge in [-0.2, -0.15) is 0 Å². The van der Waals surface area contributed by atoms with Gasteiger partial charge in [-0.3, -0.25) is 13.9 Å². The number of hydrogen-bond acceptors (Lipinski definition) is 4. The first-order chi connectivity index (χ1) is 17.8. The molecule has 1 unspecified atom stereocenters. The molecule has 0 bridgehead atoms. The second kappa shape index (κ2) is 12.2. The molecule has 3 aromatic rings. The second-order valence-electron chi connectivity index (χ2n) is 9.87. The van der Waals surface area contributed by atoms with E-state index in [0.29, 0.717) is 15.6 Å². The predicted molar refractivity (Wildman–Crippen MR) is 152 cm³/mol. The fourth-order valence-electron chi connectivity index (χ4n) is 3.77. The summed E-state index contributed by atoms with van der Waals surface area (Å²) in [6.07, 6.45) is 0. The van der Waals surface area contributed by atoms with E-state index in [-0.39, 0.29) is 23.0 Å². The van der Waals surface area contributed by atoms with Crippen molar-refractivity contribution in [3.63, 3.8) is 0 Å². The van der Waals surface area contributed by atoms with Crippen molar-refractivity contribution < 1.29 is 18.0 Å². The summed E-state index contributed by atoms with van der Waals surface area (Å²) in [6.45, 7) is 6.63. The van der Waals surface area contributed by atoms with Gasteiger partial charge in [0, 0.05) is 22.1 Å². The minimum Gasteiger partial charge on any atom is -0.350 e. The SMILES string of the molecule is CC(C(=O)NC(C)(C)C)N(Cc1cccc(Cl)c1)C(=O)CN(c1cccc(Cl)c1)S(=O)(=O)c1ccccc1. The van der Waals surface area contributed by atoms with Crippen molar-refractivity contribution in [2.24, 2.45) is 0 Å². The summed E-state index contributed by atoms with van der Waals surface area (Å²) in [7, 11) is -4.15. The largest absolute Gasteiger partial charge is 0.350 e. The Morgan fingerprint density at radius 3 is 2.08 bits per heavy atom. The van der Waals surface area contributed by atoms with Crippen LogP contribution in [-0.2, 0) is 26.2 Å². The highest BCUT2D eigenvalue weighted by Gasteiger charge is 2.33. The summed E-state index contributed by atoms with van der Waals surface area (Å²) < 4.78 is 28.4. The molecule has 38 heavy (non-hydrogen) atoms. The predicted octanol–water partition coefficient (Wildman–Crippen LogP) is 5.52. The maximum Gasteiger partial charge on any atom is 0.264 e. The molecule has 7 nitrogen and oxygen atoms in total. The van der Waals surface area contributed by atoms with Gasteiger partial charge in [-0.1, -0.05) is 59.6 Å². The summed E-state index contributed by atoms with van der Waals surface area (Å²) in [6, 6.07) is 20.1. The molecule has 0 aliphatic carbocycles. The van der Waals surface area contributed by atoms with Gasteiger partial charge in [0.1, 0.15) is 12.6 Å². The van der Waals surface area contributed by atoms with Crippen LogP contribution in [-0.4, -0.2) is 43.3 Å². The maximum atomic E-state index is 13.9. The Morgan fingerprint density at radius 2 is 1.50 bits per heavy atom. The first-order valence-electron chi connectivity index (χ1n) is 12.0. The number of amides is 2. The van der Waals surface area contributed by atoms with E-state index in [4.69, 9.17) is 23.2 Å². The van der Waals surface area contributed by atoms with Crippen LogP contribution >= 0.6 is 23.2 Å². The van der Waals surface area contributed by atoms with Crippen LogP contribution in [0.15, 0.2) is 83.8 Å². The lowest BCUT2D eigenvalue weighted by Gasteiger charge is -2.33. The number of nitrogens with one attached hydrogen (secondary N) is 1. The van der Waals surface area contributed by atoms with Crippen LogP contribution in [0.1, 0.15) is 33.3 Å². The molecule has 0 aliphatic heterocycles. The molecule has 0 heterocycles. The highest BCUT2D eigenvalue weighted by molar-refractivity contribution is 7.92. The Kier molecular flexibility index (Phi) is 9.46. The van der Waals surface area contributed by atoms with Gasteiger partial charge in [0.25, 0.3) is 10.0 Å². The van der Waals surface area contributed by atoms with E-state index in [1.165, 1.54) is 23.1 Å². The number of anilines is 1. The molecule has 10 heteroatoms. The monoisotopic (exact) mass is 575 g/mol. The minimum absolute atomic E-state index is 0.0210. The molecule has 3 aromatic carbocycles. The maximum absolute atomic E-state index is 13.9. The molecule has 1 N–H and O–H groups in total. The van der Waals surface area contributed by atoms with Crippen molar-refractivity contribution in [2.45, 2.75) is 50.7 Å². The highest BCUT2D eigenvalue weighted by Crippen LogP contribution is 2.27. The summed E-state index contributed by atoms with van der Waals surface area (Å²) in [5.74, 6) is -0.936. The molecule has 3 rings (SSSR count). The molecule has 0 saturated carbocycles. The number of halogens is 2. The van der Waals surface area contributed by atoms with Crippen molar-refractivity contribution >= 4 is 50.7 Å². The zero-order chi connectivity index (χ0) is 28.1. The first-order valence-corrected chi connectivity index (χ1v) is 14.2. The van der Waals surface area contributed by atoms with E-state index >= 15 is 0 Å². The van der Waals surface area contributed by atoms with E-state index in [9.17, 15) is 18.0 Å². The van der Waals surface area contributed by atoms with E-state index in [0.717, 1.165) is 4.31 Å². The van der Waals surface area contributed by atoms with Crippen molar-refractivity contribution in [1.29, 1.82) is 0 Å². The molecule has 0 radical (unpaired) electrons. The van der Waals surface area contributed by atoms with Crippen LogP contribution in [0.25, 0.3) is 0 Å². The normalized spacial score (nSPS) is 12.5. The zero-order valence-electron chi connectivity index (χ0n) is 21.7. The van der Waals surface area contributed by atoms with Crippen molar-refractivity contribution in [1.82, 2.24) is 10.2 Å². The molecule has 202 valence electrons. The van der Waals surface area contributed by atoms with Gasteiger partial charge in [0.05, 0.1) is 10.6 Å². The van der Waals surface area contributed by atoms with Crippen LogP contribution < -0.4 is 9.62 Å². The van der Waals surface area contributed by atoms with Gasteiger partial charge in [0.2, 0.25) is 11.8 Å². The van der Waals surface area contributed by atoms with Crippen molar-refractivity contribution in [2.75, 3.05) is 10.8 Å². The lowest BCUT2D eigenvalue weighted by molar-refractivity contribution is -0.140. The third kappa shape index (κ3) is 7.72. The third-order valence-corrected chi connectivity index (χ3v) is 7.87. The summed E-state index contributed by atoms with van der Waals surface area (Å²) >= 11 is 12.3. The number of benzene rings is 3. The smallest absolute Gasteiger partial charge is 0.264 e. The standard InChI is InChI=1S/C28H31Cl2N3O4S/c1-20(27(35)31-28(2,3)4)32(18-21-10-8-11-22(29)16-21)26(34)19-33(24-13-9-12-23(30)17-24)38(36,37)25-14-6-5-7-15-25/h5-17,20H,18-19H2,1-4H3,(H,31,35). The lowest BCUT2D eigenvalue weighted by Crippen LogP contribution is -2.54. The lowest BCUT2D eigenvalue weighted by atomic mass is 10.1. The number of sulfonamides is 1. The Labute approximate surface area is 234 Å². The quantitative estimate of drug-likeness (QED) is 0.364. The molecule has 0 aromatic heterocycles. The zero-order valence-corrected chi connectivity index (χ0v) is 24.0. The fraction of sp³-hybridized carbons (Fsp3) is 0.286. The Bertz CT molecular complexity index is 1390. The minimum atomic E-state index is -4.15. The van der Waals surface area contributed by atoms with Crippen LogP contribution in [0.3, 0.4) is 0 Å². The highest BCUT2D eigenvalue weighted by atomic mass is 35.5. The van der Waals surface area contributed by atoms with Gasteiger partial charge in [-0.05, 0) is 75.7 Å². The van der Waals surface area contributed by atoms with Gasteiger partial charge in [-0.15, -0.1) is 0 Å². The van der Waals surface area contributed by atoms with Gasteiger partial charge >= 0.3 is 0 Å². The van der Waals surface area contributed by atoms with Crippen LogP contribution in [0.2, 0.25) is 10.0 Å². The molecule has 0 saturated heterocycles. The molecule has 1 atom stereocenters. The number of carbonyl (C=O) groups is 2. The fourth-order valence-corrected chi connectivity index (χ4v) is 5.59. The van der Waals surface area contributed by atoms with Gasteiger partial charge in [0.15, 0.2) is 0 Å². The molecule has 0 aliphatic rings. The van der Waals surface area contributed by atoms with E-state index in [1.54, 1.807) is 67.6 Å². The number of nitrogens with zero attached hydrogens (tertiary/aromatic N) is 2. The summed E-state index contributed by atoms with van der Waals surface area (Å²) in [4.78, 5) is 28.3. The first kappa shape index (κ1) is 29.5. The third-order valence-electron chi connectivity index (χ3n) is 5.61. The van der Waals surface area contributed by atoms with E-state index < -0.39 is 34.1 Å². The van der Waals surface area contributed by atoms with Crippen LogP contribution in [0, 0.1) is 0 Å². The molecule has 2 amide bonds. The van der Waals surface area contributed by atoms with Crippen molar-refractivity contribution in [3.05, 3.63) is 94.5 Å². The second-order valence-corrected chi connectivity index (χ2v) is 12.6. The molecular formula is C28H31Cl2N3O4S. The number of hydrogen-bond donors (Lipinski definition) is 1. The molecule has 0 spiro atoms. The van der Waals surface area contributed by atoms with E-state index in [2.05, 4.69) is 5.32 Å². The van der Waals surface area contributed by atoms with Gasteiger partial charge in [-0.25, -0.2) is 8.42 Å². The average Bonchev–Trinajstić information content (AvgIpc) is 2.84. The van der Waals surface area contributed by atoms with Gasteiger partial charge < -0.3 is 10.2 Å². The molecule has 0 fully saturated rings. The number of rotatable bonds is 9. The number of carbonyl (C=O) groups excluding carboxylic acids is 2. The Hall–Kier alpha value is -3.07. The average molecular weight is 577 g/mol. The van der Waals surface area contributed by atoms with Crippen LogP contribution in [0.4, 0.5) is 5.69 Å². The van der Waals surface area contributed by atoms with Crippen molar-refractivity contribution in [3.8, 4) is 0 Å². The Balaban J connectivity index is 2.03. The van der Waals surface area contributed by atoms with E-state index in [1.807, 2.05) is 20.8 Å². The Morgan fingerprint density at radius 1 is 0.895 bits per heavy atom. The summed E-state index contributed by atoms with van der Waals surface area (Å²) in [5, 5.41) is 3.69. The topological polar surface area (TPSA) is 86.8 Å². The summed E-state index contributed by atoms with van der Waals surface area (Å²) in [5.41, 5.74) is 0.394. The molecular weight excluding hydrogens is 545 g/mol. The van der Waals surface area contributed by atoms with Crippen LogP contribution in [0.5, 0.6) is 0 Å².